The minimum atomic E-state index is -0.447. The topological polar surface area (TPSA) is 68.3 Å². The molecule has 7 heteroatoms. The zero-order valence-corrected chi connectivity index (χ0v) is 14.1. The number of carbonyl (C=O) groups excluding carboxylic acids is 2. The highest BCUT2D eigenvalue weighted by Crippen LogP contribution is 2.24. The van der Waals surface area contributed by atoms with Crippen LogP contribution in [-0.4, -0.2) is 29.7 Å². The van der Waals surface area contributed by atoms with Crippen LogP contribution < -0.4 is 5.32 Å². The number of hydrogen-bond donors (Lipinski definition) is 1. The van der Waals surface area contributed by atoms with E-state index in [1.807, 2.05) is 18.2 Å². The number of thioether (sulfide) groups is 1. The van der Waals surface area contributed by atoms with Crippen molar-refractivity contribution in [2.75, 3.05) is 18.2 Å². The van der Waals surface area contributed by atoms with Gasteiger partial charge in [-0.05, 0) is 30.9 Å². The summed E-state index contributed by atoms with van der Waals surface area (Å²) in [5.41, 5.74) is 1.10. The number of nitrogens with zero attached hydrogens (tertiary/aromatic N) is 1. The molecule has 1 N–H and O–H groups in total. The second-order valence-electron chi connectivity index (χ2n) is 4.34. The molecule has 0 atom stereocenters. The Balaban J connectivity index is 2.15. The van der Waals surface area contributed by atoms with Gasteiger partial charge in [-0.1, -0.05) is 24.3 Å². The molecule has 0 saturated heterocycles. The van der Waals surface area contributed by atoms with Crippen LogP contribution in [0.3, 0.4) is 0 Å². The molecule has 0 radical (unpaired) electrons. The summed E-state index contributed by atoms with van der Waals surface area (Å²) in [5, 5.41) is 3.10. The number of carbonyl (C=O) groups is 2. The number of nitrogens with one attached hydrogen (secondary N) is 1. The molecular formula is C15H16N2O3S2. The quantitative estimate of drug-likeness (QED) is 0.667. The first-order valence-electron chi connectivity index (χ1n) is 6.65. The Morgan fingerprint density at radius 2 is 2.18 bits per heavy atom. The Morgan fingerprint density at radius 3 is 2.86 bits per heavy atom. The van der Waals surface area contributed by atoms with Crippen molar-refractivity contribution < 1.29 is 14.3 Å². The molecule has 1 aromatic carbocycles. The van der Waals surface area contributed by atoms with E-state index >= 15 is 0 Å². The summed E-state index contributed by atoms with van der Waals surface area (Å²) in [6.45, 7) is 3.76. The lowest BCUT2D eigenvalue weighted by Gasteiger charge is -2.04. The smallest absolute Gasteiger partial charge is 0.350 e. The maximum absolute atomic E-state index is 12.3. The second kappa shape index (κ2) is 7.42. The summed E-state index contributed by atoms with van der Waals surface area (Å²) in [4.78, 5) is 29.4. The fourth-order valence-electron chi connectivity index (χ4n) is 1.80. The van der Waals surface area contributed by atoms with Gasteiger partial charge < -0.3 is 4.74 Å². The zero-order valence-electron chi connectivity index (χ0n) is 12.5. The van der Waals surface area contributed by atoms with Crippen LogP contribution in [0.5, 0.6) is 0 Å². The van der Waals surface area contributed by atoms with E-state index in [9.17, 15) is 9.59 Å². The zero-order chi connectivity index (χ0) is 16.1. The lowest BCUT2D eigenvalue weighted by atomic mass is 10.2. The van der Waals surface area contributed by atoms with Crippen LogP contribution in [0.1, 0.15) is 32.6 Å². The van der Waals surface area contributed by atoms with Crippen molar-refractivity contribution in [2.24, 2.45) is 0 Å². The van der Waals surface area contributed by atoms with Gasteiger partial charge in [-0.25, -0.2) is 9.78 Å². The highest BCUT2D eigenvalue weighted by Gasteiger charge is 2.17. The fraction of sp³-hybridized carbons (Fsp3) is 0.267. The largest absolute Gasteiger partial charge is 0.465 e. The number of amides is 1. The number of anilines is 1. The van der Waals surface area contributed by atoms with E-state index in [1.165, 1.54) is 7.11 Å². The Morgan fingerprint density at radius 1 is 1.41 bits per heavy atom. The third-order valence-corrected chi connectivity index (χ3v) is 4.72. The second-order valence-corrected chi connectivity index (χ2v) is 6.68. The summed E-state index contributed by atoms with van der Waals surface area (Å²) >= 11 is 2.78. The monoisotopic (exact) mass is 336 g/mol. The molecule has 0 spiro atoms. The molecule has 5 nitrogen and oxygen atoms in total. The van der Waals surface area contributed by atoms with Crippen molar-refractivity contribution in [3.05, 3.63) is 40.4 Å². The van der Waals surface area contributed by atoms with Crippen molar-refractivity contribution >= 4 is 40.1 Å². The molecular weight excluding hydrogens is 320 g/mol. The van der Waals surface area contributed by atoms with E-state index in [-0.39, 0.29) is 5.91 Å². The van der Waals surface area contributed by atoms with E-state index < -0.39 is 5.97 Å². The molecule has 0 aliphatic heterocycles. The maximum Gasteiger partial charge on any atom is 0.350 e. The predicted molar refractivity (Wildman–Crippen MR) is 89.0 cm³/mol. The van der Waals surface area contributed by atoms with Crippen LogP contribution in [-0.2, 0) is 4.74 Å². The number of aryl methyl sites for hydroxylation is 1. The summed E-state index contributed by atoms with van der Waals surface area (Å²) in [7, 11) is 1.32. The molecule has 2 rings (SSSR count). The van der Waals surface area contributed by atoms with Gasteiger partial charge in [0.25, 0.3) is 5.91 Å². The lowest BCUT2D eigenvalue weighted by molar-refractivity contribution is 0.0605. The average Bonchev–Trinajstić information content (AvgIpc) is 2.87. The van der Waals surface area contributed by atoms with Crippen molar-refractivity contribution in [3.63, 3.8) is 0 Å². The highest BCUT2D eigenvalue weighted by molar-refractivity contribution is 7.99. The van der Waals surface area contributed by atoms with Crippen LogP contribution in [0.2, 0.25) is 0 Å². The molecule has 0 fully saturated rings. The summed E-state index contributed by atoms with van der Waals surface area (Å²) in [5.74, 6) is 0.250. The Kier molecular flexibility index (Phi) is 5.57. The molecule has 2 aromatic rings. The van der Waals surface area contributed by atoms with Gasteiger partial charge in [-0.15, -0.1) is 11.8 Å². The third kappa shape index (κ3) is 3.86. The normalized spacial score (nSPS) is 10.3. The van der Waals surface area contributed by atoms with Crippen LogP contribution in [0.4, 0.5) is 5.13 Å². The number of hydrogen-bond acceptors (Lipinski definition) is 6. The SMILES string of the molecule is CCSc1cccc(C(=O)Nc2nc(C)c(C(=O)OC)s2)c1. The maximum atomic E-state index is 12.3. The number of ether oxygens (including phenoxy) is 1. The van der Waals surface area contributed by atoms with Crippen LogP contribution in [0, 0.1) is 6.92 Å². The fourth-order valence-corrected chi connectivity index (χ4v) is 3.39. The van der Waals surface area contributed by atoms with E-state index in [2.05, 4.69) is 22.0 Å². The average molecular weight is 336 g/mol. The Bertz CT molecular complexity index is 698. The Hall–Kier alpha value is -1.86. The molecule has 0 saturated carbocycles. The van der Waals surface area contributed by atoms with Gasteiger partial charge in [-0.2, -0.15) is 0 Å². The number of rotatable bonds is 5. The Labute approximate surface area is 137 Å². The lowest BCUT2D eigenvalue weighted by Crippen LogP contribution is -2.11. The van der Waals surface area contributed by atoms with Crippen LogP contribution in [0.15, 0.2) is 29.2 Å². The van der Waals surface area contributed by atoms with Gasteiger partial charge >= 0.3 is 5.97 Å². The van der Waals surface area contributed by atoms with Gasteiger partial charge in [0.1, 0.15) is 4.88 Å². The van der Waals surface area contributed by atoms with E-state index in [1.54, 1.807) is 24.8 Å². The molecule has 1 amide bonds. The van der Waals surface area contributed by atoms with Crippen LogP contribution in [0.25, 0.3) is 0 Å². The van der Waals surface area contributed by atoms with Crippen molar-refractivity contribution in [2.45, 2.75) is 18.7 Å². The number of methoxy groups -OCH3 is 1. The minimum Gasteiger partial charge on any atom is -0.465 e. The van der Waals surface area contributed by atoms with Gasteiger partial charge in [0.05, 0.1) is 12.8 Å². The summed E-state index contributed by atoms with van der Waals surface area (Å²) in [6.07, 6.45) is 0. The summed E-state index contributed by atoms with van der Waals surface area (Å²) in [6, 6.07) is 7.40. The number of benzene rings is 1. The minimum absolute atomic E-state index is 0.247. The molecule has 116 valence electrons. The third-order valence-electron chi connectivity index (χ3n) is 2.80. The first-order valence-corrected chi connectivity index (χ1v) is 8.45. The van der Waals surface area contributed by atoms with Gasteiger partial charge in [0.2, 0.25) is 0 Å². The molecule has 1 aromatic heterocycles. The van der Waals surface area contributed by atoms with Crippen molar-refractivity contribution in [3.8, 4) is 0 Å². The van der Waals surface area contributed by atoms with E-state index in [0.29, 0.717) is 21.3 Å². The standard InChI is InChI=1S/C15H16N2O3S2/c1-4-21-11-7-5-6-10(8-11)13(18)17-15-16-9(2)12(22-15)14(19)20-3/h5-8H,4H2,1-3H3,(H,16,17,18). The number of thiazole rings is 1. The molecule has 0 aliphatic rings. The van der Waals surface area contributed by atoms with Crippen molar-refractivity contribution in [1.29, 1.82) is 0 Å². The summed E-state index contributed by atoms with van der Waals surface area (Å²) < 4.78 is 4.68. The van der Waals surface area contributed by atoms with Gasteiger partial charge in [0.15, 0.2) is 5.13 Å². The predicted octanol–water partition coefficient (Wildman–Crippen LogP) is 3.60. The number of esters is 1. The first kappa shape index (κ1) is 16.5. The highest BCUT2D eigenvalue weighted by atomic mass is 32.2. The molecule has 0 bridgehead atoms. The van der Waals surface area contributed by atoms with Gasteiger partial charge in [0, 0.05) is 10.5 Å². The van der Waals surface area contributed by atoms with Crippen LogP contribution >= 0.6 is 23.1 Å². The molecule has 0 aliphatic carbocycles. The van der Waals surface area contributed by atoms with Gasteiger partial charge in [-0.3, -0.25) is 10.1 Å². The number of aromatic nitrogens is 1. The van der Waals surface area contributed by atoms with Crippen molar-refractivity contribution in [1.82, 2.24) is 4.98 Å². The molecule has 22 heavy (non-hydrogen) atoms. The first-order chi connectivity index (χ1) is 10.5. The van der Waals surface area contributed by atoms with E-state index in [4.69, 9.17) is 0 Å². The van der Waals surface area contributed by atoms with E-state index in [0.717, 1.165) is 22.0 Å². The molecule has 1 heterocycles. The molecule has 0 unspecified atom stereocenters.